The minimum absolute atomic E-state index is 0.587. The number of aromatic nitrogens is 1. The lowest BCUT2D eigenvalue weighted by atomic mass is 10.4. The van der Waals surface area contributed by atoms with Crippen LogP contribution < -0.4 is 5.32 Å². The fourth-order valence-corrected chi connectivity index (χ4v) is 1.79. The van der Waals surface area contributed by atoms with Crippen LogP contribution in [0.5, 0.6) is 0 Å². The number of thioether (sulfide) groups is 1. The van der Waals surface area contributed by atoms with Crippen molar-refractivity contribution >= 4 is 17.6 Å². The lowest BCUT2D eigenvalue weighted by molar-refractivity contribution is 1.06. The summed E-state index contributed by atoms with van der Waals surface area (Å²) in [5.41, 5.74) is 0. The van der Waals surface area contributed by atoms with Gasteiger partial charge in [-0.25, -0.2) is 4.98 Å². The van der Waals surface area contributed by atoms with E-state index in [-0.39, 0.29) is 0 Å². The highest BCUT2D eigenvalue weighted by Crippen LogP contribution is 2.21. The van der Waals surface area contributed by atoms with Crippen LogP contribution in [0.3, 0.4) is 0 Å². The highest BCUT2D eigenvalue weighted by Gasteiger charge is 1.99. The Bertz CT molecular complexity index is 261. The van der Waals surface area contributed by atoms with Crippen LogP contribution in [0.15, 0.2) is 23.2 Å². The molecule has 0 bridgehead atoms. The average Bonchev–Trinajstić information content (AvgIpc) is 2.04. The molecule has 0 radical (unpaired) electrons. The molecule has 0 saturated carbocycles. The van der Waals surface area contributed by atoms with Crippen molar-refractivity contribution < 1.29 is 0 Å². The summed E-state index contributed by atoms with van der Waals surface area (Å²) in [4.78, 5) is 4.45. The number of rotatable bonds is 4. The Morgan fingerprint density at radius 3 is 2.85 bits per heavy atom. The summed E-state index contributed by atoms with van der Waals surface area (Å²) in [6.45, 7) is 7.34. The Morgan fingerprint density at radius 1 is 1.46 bits per heavy atom. The van der Waals surface area contributed by atoms with Gasteiger partial charge in [0.05, 0.1) is 5.03 Å². The maximum absolute atomic E-state index is 4.45. The number of pyridine rings is 1. The van der Waals surface area contributed by atoms with Gasteiger partial charge in [-0.2, -0.15) is 0 Å². The average molecular weight is 196 g/mol. The molecule has 13 heavy (non-hydrogen) atoms. The van der Waals surface area contributed by atoms with Crippen LogP contribution in [0.2, 0.25) is 0 Å². The molecule has 1 heterocycles. The molecule has 1 N–H and O–H groups in total. The third-order valence-corrected chi connectivity index (χ3v) is 2.38. The summed E-state index contributed by atoms with van der Waals surface area (Å²) in [5, 5.41) is 4.88. The molecule has 0 amide bonds. The Labute approximate surface area is 84.1 Å². The van der Waals surface area contributed by atoms with Crippen molar-refractivity contribution in [2.24, 2.45) is 0 Å². The van der Waals surface area contributed by atoms with Crippen LogP contribution >= 0.6 is 11.8 Å². The minimum atomic E-state index is 0.587. The third kappa shape index (κ3) is 3.68. The zero-order valence-corrected chi connectivity index (χ0v) is 9.19. The largest absolute Gasteiger partial charge is 0.370 e. The minimum Gasteiger partial charge on any atom is -0.370 e. The van der Waals surface area contributed by atoms with Crippen LogP contribution in [0.1, 0.15) is 20.8 Å². The van der Waals surface area contributed by atoms with E-state index in [1.165, 1.54) is 0 Å². The van der Waals surface area contributed by atoms with Gasteiger partial charge in [-0.15, -0.1) is 11.8 Å². The summed E-state index contributed by atoms with van der Waals surface area (Å²) >= 11 is 1.79. The number of anilines is 1. The third-order valence-electron chi connectivity index (χ3n) is 1.44. The molecule has 0 aliphatic carbocycles. The van der Waals surface area contributed by atoms with Crippen molar-refractivity contribution in [3.63, 3.8) is 0 Å². The normalized spacial score (nSPS) is 10.5. The highest BCUT2D eigenvalue weighted by atomic mass is 32.2. The van der Waals surface area contributed by atoms with Crippen molar-refractivity contribution in [2.45, 2.75) is 31.0 Å². The predicted molar refractivity (Wildman–Crippen MR) is 59.4 cm³/mol. The van der Waals surface area contributed by atoms with E-state index in [1.807, 2.05) is 18.2 Å². The topological polar surface area (TPSA) is 24.9 Å². The standard InChI is InChI=1S/C10H16N2S/c1-4-11-9-6-5-7-10(12-9)13-8(2)3/h5-8H,4H2,1-3H3,(H,11,12). The van der Waals surface area contributed by atoms with Crippen molar-refractivity contribution in [1.82, 2.24) is 4.98 Å². The van der Waals surface area contributed by atoms with Gasteiger partial charge in [0, 0.05) is 11.8 Å². The first-order valence-electron chi connectivity index (χ1n) is 4.60. The van der Waals surface area contributed by atoms with Crippen molar-refractivity contribution in [3.05, 3.63) is 18.2 Å². The van der Waals surface area contributed by atoms with Gasteiger partial charge in [-0.3, -0.25) is 0 Å². The van der Waals surface area contributed by atoms with E-state index in [2.05, 4.69) is 31.1 Å². The molecule has 0 spiro atoms. The zero-order chi connectivity index (χ0) is 9.68. The van der Waals surface area contributed by atoms with E-state index in [9.17, 15) is 0 Å². The highest BCUT2D eigenvalue weighted by molar-refractivity contribution is 7.99. The SMILES string of the molecule is CCNc1cccc(SC(C)C)n1. The molecule has 1 rings (SSSR count). The number of hydrogen-bond acceptors (Lipinski definition) is 3. The monoisotopic (exact) mass is 196 g/mol. The molecule has 1 aromatic heterocycles. The number of nitrogens with one attached hydrogen (secondary N) is 1. The fraction of sp³-hybridized carbons (Fsp3) is 0.500. The Balaban J connectivity index is 2.67. The molecule has 0 atom stereocenters. The summed E-state index contributed by atoms with van der Waals surface area (Å²) < 4.78 is 0. The second-order valence-electron chi connectivity index (χ2n) is 3.06. The van der Waals surface area contributed by atoms with Crippen molar-refractivity contribution in [1.29, 1.82) is 0 Å². The van der Waals surface area contributed by atoms with Gasteiger partial charge < -0.3 is 5.32 Å². The summed E-state index contributed by atoms with van der Waals surface area (Å²) in [7, 11) is 0. The molecular weight excluding hydrogens is 180 g/mol. The molecule has 0 aliphatic heterocycles. The Hall–Kier alpha value is -0.700. The van der Waals surface area contributed by atoms with Gasteiger partial charge in [-0.1, -0.05) is 19.9 Å². The van der Waals surface area contributed by atoms with Crippen molar-refractivity contribution in [2.75, 3.05) is 11.9 Å². The van der Waals surface area contributed by atoms with Crippen LogP contribution in [-0.4, -0.2) is 16.8 Å². The van der Waals surface area contributed by atoms with Crippen LogP contribution in [-0.2, 0) is 0 Å². The lowest BCUT2D eigenvalue weighted by Crippen LogP contribution is -1.99. The van der Waals surface area contributed by atoms with Gasteiger partial charge in [-0.05, 0) is 19.1 Å². The van der Waals surface area contributed by atoms with E-state index < -0.39 is 0 Å². The van der Waals surface area contributed by atoms with Gasteiger partial charge in [0.15, 0.2) is 0 Å². The first-order chi connectivity index (χ1) is 6.22. The molecule has 0 saturated heterocycles. The van der Waals surface area contributed by atoms with Gasteiger partial charge in [0.2, 0.25) is 0 Å². The molecule has 72 valence electrons. The fourth-order valence-electron chi connectivity index (χ4n) is 1.00. The summed E-state index contributed by atoms with van der Waals surface area (Å²) in [6, 6.07) is 6.08. The molecule has 2 nitrogen and oxygen atoms in total. The maximum Gasteiger partial charge on any atom is 0.127 e. The lowest BCUT2D eigenvalue weighted by Gasteiger charge is -2.06. The van der Waals surface area contributed by atoms with Crippen molar-refractivity contribution in [3.8, 4) is 0 Å². The van der Waals surface area contributed by atoms with Gasteiger partial charge >= 0.3 is 0 Å². The quantitative estimate of drug-likeness (QED) is 0.749. The second kappa shape index (κ2) is 5.12. The van der Waals surface area contributed by atoms with Crippen LogP contribution in [0, 0.1) is 0 Å². The van der Waals surface area contributed by atoms with Gasteiger partial charge in [0.1, 0.15) is 5.82 Å². The van der Waals surface area contributed by atoms with E-state index in [4.69, 9.17) is 0 Å². The first-order valence-corrected chi connectivity index (χ1v) is 5.48. The molecule has 3 heteroatoms. The first kappa shape index (κ1) is 10.4. The second-order valence-corrected chi connectivity index (χ2v) is 4.65. The molecule has 0 fully saturated rings. The molecule has 1 aromatic rings. The molecular formula is C10H16N2S. The van der Waals surface area contributed by atoms with Gasteiger partial charge in [0.25, 0.3) is 0 Å². The number of hydrogen-bond donors (Lipinski definition) is 1. The predicted octanol–water partition coefficient (Wildman–Crippen LogP) is 3.01. The maximum atomic E-state index is 4.45. The van der Waals surface area contributed by atoms with E-state index in [1.54, 1.807) is 11.8 Å². The summed E-state index contributed by atoms with van der Waals surface area (Å²) in [6.07, 6.45) is 0. The van der Waals surface area contributed by atoms with E-state index in [0.29, 0.717) is 5.25 Å². The molecule has 0 aromatic carbocycles. The Morgan fingerprint density at radius 2 is 2.23 bits per heavy atom. The van der Waals surface area contributed by atoms with Crippen LogP contribution in [0.25, 0.3) is 0 Å². The zero-order valence-electron chi connectivity index (χ0n) is 8.37. The number of nitrogens with zero attached hydrogens (tertiary/aromatic N) is 1. The molecule has 0 unspecified atom stereocenters. The smallest absolute Gasteiger partial charge is 0.127 e. The Kier molecular flexibility index (Phi) is 4.09. The summed E-state index contributed by atoms with van der Waals surface area (Å²) in [5.74, 6) is 0.966. The van der Waals surface area contributed by atoms with Crippen LogP contribution in [0.4, 0.5) is 5.82 Å². The molecule has 0 aliphatic rings. The van der Waals surface area contributed by atoms with E-state index in [0.717, 1.165) is 17.4 Å². The van der Waals surface area contributed by atoms with E-state index >= 15 is 0 Å².